The summed E-state index contributed by atoms with van der Waals surface area (Å²) >= 11 is 0. The fraction of sp³-hybridized carbons (Fsp3) is 0.615. The number of carbonyl (C=O) groups excluding carboxylic acids is 4. The molecule has 2 amide bonds. The minimum atomic E-state index is -1.04. The minimum absolute atomic E-state index is 0.0374. The van der Waals surface area contributed by atoms with Crippen LogP contribution in [-0.4, -0.2) is 53.5 Å². The van der Waals surface area contributed by atoms with E-state index in [0.717, 1.165) is 5.56 Å². The van der Waals surface area contributed by atoms with Crippen LogP contribution in [0.15, 0.2) is 30.3 Å². The summed E-state index contributed by atoms with van der Waals surface area (Å²) < 4.78 is 4.84. The van der Waals surface area contributed by atoms with Gasteiger partial charge in [0.25, 0.3) is 0 Å². The van der Waals surface area contributed by atoms with Crippen molar-refractivity contribution in [2.24, 2.45) is 17.8 Å². The van der Waals surface area contributed by atoms with Crippen molar-refractivity contribution < 1.29 is 29.0 Å². The minimum Gasteiger partial charge on any atom is -0.466 e. The molecule has 2 unspecified atom stereocenters. The third kappa shape index (κ3) is 7.65. The van der Waals surface area contributed by atoms with Crippen molar-refractivity contribution in [3.63, 3.8) is 0 Å². The van der Waals surface area contributed by atoms with Gasteiger partial charge in [-0.15, -0.1) is 0 Å². The fourth-order valence-electron chi connectivity index (χ4n) is 4.21. The number of Topliss-reactive ketones (excluding diaryl/α,β-unsaturated/α-hetero) is 1. The first-order valence-corrected chi connectivity index (χ1v) is 12.1. The first kappa shape index (κ1) is 27.5. The maximum absolute atomic E-state index is 13.1. The zero-order valence-corrected chi connectivity index (χ0v) is 20.7. The molecule has 1 aromatic rings. The molecule has 1 fully saturated rings. The molecule has 1 saturated carbocycles. The molecular formula is C26H38N2O6. The van der Waals surface area contributed by atoms with E-state index in [0.29, 0.717) is 6.42 Å². The largest absolute Gasteiger partial charge is 0.466 e. The van der Waals surface area contributed by atoms with Crippen LogP contribution in [0.25, 0.3) is 0 Å². The van der Waals surface area contributed by atoms with Gasteiger partial charge in [-0.1, -0.05) is 58.0 Å². The predicted molar refractivity (Wildman–Crippen MR) is 128 cm³/mol. The van der Waals surface area contributed by atoms with Gasteiger partial charge in [-0.25, -0.2) is 0 Å². The second kappa shape index (κ2) is 12.6. The number of nitrogens with one attached hydrogen (secondary N) is 2. The van der Waals surface area contributed by atoms with Gasteiger partial charge in [0.05, 0.1) is 37.0 Å². The maximum Gasteiger partial charge on any atom is 0.306 e. The molecule has 0 bridgehead atoms. The van der Waals surface area contributed by atoms with E-state index in [1.54, 1.807) is 6.92 Å². The van der Waals surface area contributed by atoms with E-state index in [-0.39, 0.29) is 43.0 Å². The van der Waals surface area contributed by atoms with Crippen LogP contribution in [0.3, 0.4) is 0 Å². The molecule has 8 heteroatoms. The van der Waals surface area contributed by atoms with Crippen molar-refractivity contribution in [2.45, 2.75) is 78.0 Å². The third-order valence-electron chi connectivity index (χ3n) is 6.03. The van der Waals surface area contributed by atoms with Gasteiger partial charge in [0, 0.05) is 6.42 Å². The Morgan fingerprint density at radius 3 is 2.24 bits per heavy atom. The second-order valence-electron chi connectivity index (χ2n) is 9.64. The van der Waals surface area contributed by atoms with E-state index in [9.17, 15) is 24.3 Å². The molecule has 1 aliphatic rings. The predicted octanol–water partition coefficient (Wildman–Crippen LogP) is 2.35. The molecule has 0 aliphatic heterocycles. The van der Waals surface area contributed by atoms with Gasteiger partial charge >= 0.3 is 5.97 Å². The van der Waals surface area contributed by atoms with Gasteiger partial charge in [-0.3, -0.25) is 19.2 Å². The van der Waals surface area contributed by atoms with Crippen LogP contribution < -0.4 is 10.6 Å². The molecule has 1 aliphatic carbocycles. The first-order chi connectivity index (χ1) is 16.1. The Kier molecular flexibility index (Phi) is 10.2. The highest BCUT2D eigenvalue weighted by Crippen LogP contribution is 2.46. The monoisotopic (exact) mass is 474 g/mol. The SMILES string of the molecule is CCOC(=O)CCC(=O)N[C@@H](CC(C)C)C(=O)N[C@@H](C(C)C)[C@@H](O)C1C(=O)C1c1ccccc1. The molecule has 8 nitrogen and oxygen atoms in total. The van der Waals surface area contributed by atoms with E-state index in [1.165, 1.54) is 0 Å². The van der Waals surface area contributed by atoms with Crippen LogP contribution in [0.5, 0.6) is 0 Å². The average Bonchev–Trinajstić information content (AvgIpc) is 3.46. The Morgan fingerprint density at radius 2 is 1.68 bits per heavy atom. The summed E-state index contributed by atoms with van der Waals surface area (Å²) in [4.78, 5) is 49.5. The molecule has 3 N–H and O–H groups in total. The van der Waals surface area contributed by atoms with Gasteiger partial charge in [0.15, 0.2) is 0 Å². The lowest BCUT2D eigenvalue weighted by molar-refractivity contribution is -0.144. The number of ether oxygens (including phenoxy) is 1. The van der Waals surface area contributed by atoms with Crippen molar-refractivity contribution in [3.05, 3.63) is 35.9 Å². The van der Waals surface area contributed by atoms with E-state index in [2.05, 4.69) is 10.6 Å². The number of amides is 2. The number of aliphatic hydroxyl groups excluding tert-OH is 1. The summed E-state index contributed by atoms with van der Waals surface area (Å²) in [6.45, 7) is 9.55. The lowest BCUT2D eigenvalue weighted by atomic mass is 9.92. The van der Waals surface area contributed by atoms with Gasteiger partial charge in [-0.05, 0) is 30.7 Å². The molecule has 0 saturated heterocycles. The summed E-state index contributed by atoms with van der Waals surface area (Å²) in [5.41, 5.74) is 0.858. The van der Waals surface area contributed by atoms with Gasteiger partial charge < -0.3 is 20.5 Å². The van der Waals surface area contributed by atoms with Crippen LogP contribution in [-0.2, 0) is 23.9 Å². The molecule has 0 aromatic heterocycles. The second-order valence-corrected chi connectivity index (χ2v) is 9.64. The van der Waals surface area contributed by atoms with Crippen LogP contribution in [0.4, 0.5) is 0 Å². The lowest BCUT2D eigenvalue weighted by Gasteiger charge is -2.30. The summed E-state index contributed by atoms with van der Waals surface area (Å²) in [6.07, 6.45) is -0.784. The number of ketones is 1. The van der Waals surface area contributed by atoms with Crippen LogP contribution in [0.1, 0.15) is 65.4 Å². The van der Waals surface area contributed by atoms with E-state index < -0.39 is 41.9 Å². The zero-order chi connectivity index (χ0) is 25.4. The molecule has 0 radical (unpaired) electrons. The number of hydrogen-bond donors (Lipinski definition) is 3. The third-order valence-corrected chi connectivity index (χ3v) is 6.03. The van der Waals surface area contributed by atoms with E-state index in [4.69, 9.17) is 4.74 Å². The summed E-state index contributed by atoms with van der Waals surface area (Å²) in [5.74, 6) is -2.30. The van der Waals surface area contributed by atoms with Crippen molar-refractivity contribution in [2.75, 3.05) is 6.61 Å². The molecule has 34 heavy (non-hydrogen) atoms. The van der Waals surface area contributed by atoms with Crippen LogP contribution >= 0.6 is 0 Å². The topological polar surface area (TPSA) is 122 Å². The molecule has 2 rings (SSSR count). The van der Waals surface area contributed by atoms with E-state index >= 15 is 0 Å². The van der Waals surface area contributed by atoms with Crippen molar-refractivity contribution >= 4 is 23.6 Å². The Balaban J connectivity index is 2.04. The van der Waals surface area contributed by atoms with Crippen molar-refractivity contribution in [3.8, 4) is 0 Å². The number of benzene rings is 1. The summed E-state index contributed by atoms with van der Waals surface area (Å²) in [7, 11) is 0. The Morgan fingerprint density at radius 1 is 1.03 bits per heavy atom. The van der Waals surface area contributed by atoms with Gasteiger partial charge in [0.1, 0.15) is 11.8 Å². The number of rotatable bonds is 13. The van der Waals surface area contributed by atoms with Crippen molar-refractivity contribution in [1.82, 2.24) is 10.6 Å². The quantitative estimate of drug-likeness (QED) is 0.377. The maximum atomic E-state index is 13.1. The highest BCUT2D eigenvalue weighted by Gasteiger charge is 2.56. The molecule has 0 heterocycles. The summed E-state index contributed by atoms with van der Waals surface area (Å²) in [5, 5.41) is 16.6. The Hall–Kier alpha value is -2.74. The average molecular weight is 475 g/mol. The van der Waals surface area contributed by atoms with Crippen LogP contribution in [0.2, 0.25) is 0 Å². The molecular weight excluding hydrogens is 436 g/mol. The number of carbonyl (C=O) groups is 4. The number of esters is 1. The normalized spacial score (nSPS) is 19.9. The van der Waals surface area contributed by atoms with Gasteiger partial charge in [0.2, 0.25) is 11.8 Å². The van der Waals surface area contributed by atoms with E-state index in [1.807, 2.05) is 58.0 Å². The van der Waals surface area contributed by atoms with Crippen LogP contribution in [0, 0.1) is 17.8 Å². The standard InChI is InChI=1S/C26H38N2O6/c1-6-34-20(30)13-12-19(29)27-18(14-15(2)3)26(33)28-23(16(4)5)25(32)22-21(24(22)31)17-10-8-7-9-11-17/h7-11,15-16,18,21-23,25,32H,6,12-14H2,1-5H3,(H,27,29)(H,28,33)/t18-,21?,22?,23-,25-/m0/s1. The smallest absolute Gasteiger partial charge is 0.306 e. The molecule has 1 aromatic carbocycles. The highest BCUT2D eigenvalue weighted by atomic mass is 16.5. The number of aliphatic hydroxyl groups is 1. The molecule has 188 valence electrons. The first-order valence-electron chi connectivity index (χ1n) is 12.1. The fourth-order valence-corrected chi connectivity index (χ4v) is 4.21. The molecule has 5 atom stereocenters. The number of hydrogen-bond acceptors (Lipinski definition) is 6. The zero-order valence-electron chi connectivity index (χ0n) is 20.7. The summed E-state index contributed by atoms with van der Waals surface area (Å²) in [6, 6.07) is 7.84. The Bertz CT molecular complexity index is 854. The van der Waals surface area contributed by atoms with Gasteiger partial charge in [-0.2, -0.15) is 0 Å². The highest BCUT2D eigenvalue weighted by molar-refractivity contribution is 6.05. The van der Waals surface area contributed by atoms with Crippen molar-refractivity contribution in [1.29, 1.82) is 0 Å². The Labute approximate surface area is 201 Å². The lowest BCUT2D eigenvalue weighted by Crippen LogP contribution is -2.55. The molecule has 0 spiro atoms.